The van der Waals surface area contributed by atoms with Gasteiger partial charge in [0, 0.05) is 11.4 Å². The fourth-order valence-electron chi connectivity index (χ4n) is 2.84. The zero-order valence-electron chi connectivity index (χ0n) is 13.5. The average Bonchev–Trinajstić information content (AvgIpc) is 2.55. The second-order valence-corrected chi connectivity index (χ2v) is 6.64. The van der Waals surface area contributed by atoms with Gasteiger partial charge in [0.05, 0.1) is 11.6 Å². The van der Waals surface area contributed by atoms with Gasteiger partial charge in [0.1, 0.15) is 0 Å². The Balaban J connectivity index is 1.77. The zero-order chi connectivity index (χ0) is 17.3. The molecule has 1 N–H and O–H groups in total. The van der Waals surface area contributed by atoms with Crippen molar-refractivity contribution in [2.24, 2.45) is 0 Å². The number of carbonyl (C=O) groups is 2. The summed E-state index contributed by atoms with van der Waals surface area (Å²) in [5, 5.41) is 3.56. The molecule has 0 saturated heterocycles. The van der Waals surface area contributed by atoms with Gasteiger partial charge >= 0.3 is 5.97 Å². The van der Waals surface area contributed by atoms with Crippen molar-refractivity contribution < 1.29 is 14.3 Å². The third-order valence-corrected chi connectivity index (χ3v) is 4.53. The molecule has 1 amide bonds. The molecule has 5 heteroatoms. The van der Waals surface area contributed by atoms with Crippen LogP contribution in [0.4, 0.5) is 0 Å². The molecule has 0 spiro atoms. The van der Waals surface area contributed by atoms with Crippen molar-refractivity contribution in [1.29, 1.82) is 0 Å². The first-order valence-corrected chi connectivity index (χ1v) is 8.14. The Kier molecular flexibility index (Phi) is 4.33. The molecule has 2 atom stereocenters. The predicted octanol–water partition coefficient (Wildman–Crippen LogP) is 3.69. The minimum atomic E-state index is -1.22. The van der Waals surface area contributed by atoms with E-state index in [-0.39, 0.29) is 11.9 Å². The third kappa shape index (κ3) is 3.15. The van der Waals surface area contributed by atoms with E-state index in [4.69, 9.17) is 16.3 Å². The number of ether oxygens (including phenoxy) is 1. The highest BCUT2D eigenvalue weighted by Gasteiger charge is 2.42. The monoisotopic (exact) mass is 343 g/mol. The van der Waals surface area contributed by atoms with Gasteiger partial charge in [-0.05, 0) is 43.2 Å². The van der Waals surface area contributed by atoms with E-state index in [9.17, 15) is 9.59 Å². The van der Waals surface area contributed by atoms with Crippen LogP contribution in [-0.2, 0) is 16.0 Å². The Morgan fingerprint density at radius 2 is 1.88 bits per heavy atom. The van der Waals surface area contributed by atoms with E-state index < -0.39 is 11.6 Å². The smallest absolute Gasteiger partial charge is 0.339 e. The first-order chi connectivity index (χ1) is 11.4. The number of fused-ring (bicyclic) bond motifs is 1. The van der Waals surface area contributed by atoms with E-state index in [0.717, 1.165) is 11.1 Å². The van der Waals surface area contributed by atoms with E-state index in [0.29, 0.717) is 17.0 Å². The van der Waals surface area contributed by atoms with E-state index in [2.05, 4.69) is 5.32 Å². The quantitative estimate of drug-likeness (QED) is 0.865. The Morgan fingerprint density at radius 1 is 1.21 bits per heavy atom. The summed E-state index contributed by atoms with van der Waals surface area (Å²) in [4.78, 5) is 24.9. The molecule has 24 heavy (non-hydrogen) atoms. The number of amides is 1. The van der Waals surface area contributed by atoms with Gasteiger partial charge in [-0.25, -0.2) is 4.79 Å². The lowest BCUT2D eigenvalue weighted by Gasteiger charge is -2.34. The zero-order valence-corrected chi connectivity index (χ0v) is 14.3. The van der Waals surface area contributed by atoms with Gasteiger partial charge in [0.2, 0.25) is 0 Å². The normalized spacial score (nSPS) is 20.7. The standard InChI is InChI=1S/C19H18ClNO3/c1-12(13-7-9-15(20)10-8-13)21-18(23)19(2)11-14-5-3-4-6-16(14)17(22)24-19/h3-10,12H,11H2,1-2H3,(H,21,23). The molecule has 0 saturated carbocycles. The lowest BCUT2D eigenvalue weighted by molar-refractivity contribution is -0.140. The van der Waals surface area contributed by atoms with Crippen molar-refractivity contribution in [2.45, 2.75) is 31.9 Å². The summed E-state index contributed by atoms with van der Waals surface area (Å²) in [6.45, 7) is 3.52. The highest BCUT2D eigenvalue weighted by atomic mass is 35.5. The van der Waals surface area contributed by atoms with Crippen molar-refractivity contribution in [2.75, 3.05) is 0 Å². The van der Waals surface area contributed by atoms with Crippen LogP contribution in [0.5, 0.6) is 0 Å². The molecule has 124 valence electrons. The molecule has 1 aliphatic rings. The summed E-state index contributed by atoms with van der Waals surface area (Å²) in [5.74, 6) is -0.776. The molecule has 2 unspecified atom stereocenters. The Hall–Kier alpha value is -2.33. The van der Waals surface area contributed by atoms with Crippen LogP contribution in [0.2, 0.25) is 5.02 Å². The van der Waals surface area contributed by atoms with Gasteiger partial charge in [0.15, 0.2) is 5.60 Å². The summed E-state index contributed by atoms with van der Waals surface area (Å²) in [7, 11) is 0. The minimum absolute atomic E-state index is 0.220. The molecule has 3 rings (SSSR count). The van der Waals surface area contributed by atoms with Crippen molar-refractivity contribution >= 4 is 23.5 Å². The molecule has 0 aromatic heterocycles. The number of hydrogen-bond donors (Lipinski definition) is 1. The van der Waals surface area contributed by atoms with Crippen molar-refractivity contribution in [3.05, 3.63) is 70.2 Å². The predicted molar refractivity (Wildman–Crippen MR) is 92.0 cm³/mol. The molecule has 0 bridgehead atoms. The van der Waals surface area contributed by atoms with E-state index >= 15 is 0 Å². The molecule has 2 aromatic rings. The number of benzene rings is 2. The van der Waals surface area contributed by atoms with E-state index in [1.54, 1.807) is 31.2 Å². The summed E-state index contributed by atoms with van der Waals surface area (Å²) in [6, 6.07) is 14.3. The van der Waals surface area contributed by atoms with Gasteiger partial charge in [-0.1, -0.05) is 41.9 Å². The lowest BCUT2D eigenvalue weighted by Crippen LogP contribution is -2.52. The van der Waals surface area contributed by atoms with Gasteiger partial charge < -0.3 is 10.1 Å². The summed E-state index contributed by atoms with van der Waals surface area (Å²) in [6.07, 6.45) is 0.355. The fraction of sp³-hybridized carbons (Fsp3) is 0.263. The molecular weight excluding hydrogens is 326 g/mol. The molecule has 1 aliphatic heterocycles. The number of rotatable bonds is 3. The Labute approximate surface area is 145 Å². The van der Waals surface area contributed by atoms with E-state index in [1.807, 2.05) is 31.2 Å². The first-order valence-electron chi connectivity index (χ1n) is 7.77. The largest absolute Gasteiger partial charge is 0.445 e. The van der Waals surface area contributed by atoms with Gasteiger partial charge in [-0.15, -0.1) is 0 Å². The van der Waals surface area contributed by atoms with Crippen LogP contribution in [0.1, 0.15) is 41.4 Å². The second kappa shape index (κ2) is 6.29. The minimum Gasteiger partial charge on any atom is -0.445 e. The highest BCUT2D eigenvalue weighted by Crippen LogP contribution is 2.29. The van der Waals surface area contributed by atoms with Crippen LogP contribution in [0, 0.1) is 0 Å². The van der Waals surface area contributed by atoms with Crippen LogP contribution in [0.25, 0.3) is 0 Å². The topological polar surface area (TPSA) is 55.4 Å². The summed E-state index contributed by atoms with van der Waals surface area (Å²) in [5.41, 5.74) is 1.06. The van der Waals surface area contributed by atoms with E-state index in [1.165, 1.54) is 0 Å². The Bertz CT molecular complexity index is 787. The number of carbonyl (C=O) groups excluding carboxylic acids is 2. The molecule has 0 radical (unpaired) electrons. The lowest BCUT2D eigenvalue weighted by atomic mass is 9.89. The van der Waals surface area contributed by atoms with Crippen molar-refractivity contribution in [3.63, 3.8) is 0 Å². The average molecular weight is 344 g/mol. The number of halogens is 1. The second-order valence-electron chi connectivity index (χ2n) is 6.20. The highest BCUT2D eigenvalue weighted by molar-refractivity contribution is 6.30. The maximum Gasteiger partial charge on any atom is 0.339 e. The fourth-order valence-corrected chi connectivity index (χ4v) is 2.97. The number of cyclic esters (lactones) is 1. The van der Waals surface area contributed by atoms with Crippen LogP contribution in [0.15, 0.2) is 48.5 Å². The Morgan fingerprint density at radius 3 is 2.58 bits per heavy atom. The first kappa shape index (κ1) is 16.5. The van der Waals surface area contributed by atoms with Gasteiger partial charge in [-0.2, -0.15) is 0 Å². The van der Waals surface area contributed by atoms with Gasteiger partial charge in [0.25, 0.3) is 5.91 Å². The number of esters is 1. The molecule has 0 fully saturated rings. The molecular formula is C19H18ClNO3. The maximum atomic E-state index is 12.7. The number of nitrogens with one attached hydrogen (secondary N) is 1. The van der Waals surface area contributed by atoms with Crippen molar-refractivity contribution in [3.8, 4) is 0 Å². The molecule has 0 aliphatic carbocycles. The number of hydrogen-bond acceptors (Lipinski definition) is 3. The maximum absolute atomic E-state index is 12.7. The van der Waals surface area contributed by atoms with Gasteiger partial charge in [-0.3, -0.25) is 4.79 Å². The molecule has 2 aromatic carbocycles. The van der Waals surface area contributed by atoms with Crippen LogP contribution >= 0.6 is 11.6 Å². The molecule has 1 heterocycles. The molecule has 4 nitrogen and oxygen atoms in total. The van der Waals surface area contributed by atoms with Crippen LogP contribution in [0.3, 0.4) is 0 Å². The van der Waals surface area contributed by atoms with Crippen LogP contribution in [-0.4, -0.2) is 17.5 Å². The van der Waals surface area contributed by atoms with Crippen molar-refractivity contribution in [1.82, 2.24) is 5.32 Å². The SMILES string of the molecule is CC(NC(=O)C1(C)Cc2ccccc2C(=O)O1)c1ccc(Cl)cc1. The summed E-state index contributed by atoms with van der Waals surface area (Å²) >= 11 is 5.89. The van der Waals surface area contributed by atoms with Crippen LogP contribution < -0.4 is 5.32 Å². The summed E-state index contributed by atoms with van der Waals surface area (Å²) < 4.78 is 5.45. The third-order valence-electron chi connectivity index (χ3n) is 4.28.